The van der Waals surface area contributed by atoms with Crippen LogP contribution in [0.4, 0.5) is 0 Å². The van der Waals surface area contributed by atoms with Crippen LogP contribution in [0.1, 0.15) is 23.5 Å². The van der Waals surface area contributed by atoms with Crippen LogP contribution in [0.25, 0.3) is 0 Å². The fraction of sp³-hybridized carbons (Fsp3) is 0.615. The molecule has 1 atom stereocenters. The van der Waals surface area contributed by atoms with Crippen molar-refractivity contribution in [1.29, 1.82) is 0 Å². The van der Waals surface area contributed by atoms with E-state index >= 15 is 0 Å². The van der Waals surface area contributed by atoms with Crippen molar-refractivity contribution in [2.24, 2.45) is 5.92 Å². The minimum Gasteiger partial charge on any atom is -0.356 e. The number of hydrogen-bond acceptors (Lipinski definition) is 5. The number of carbonyl (C=O) groups excluding carboxylic acids is 1. The van der Waals surface area contributed by atoms with Crippen molar-refractivity contribution >= 4 is 15.7 Å². The predicted molar refractivity (Wildman–Crippen MR) is 77.8 cm³/mol. The smallest absolute Gasteiger partial charge is 0.254 e. The lowest BCUT2D eigenvalue weighted by atomic mass is 10.1. The van der Waals surface area contributed by atoms with E-state index < -0.39 is 9.84 Å². The number of carbonyl (C=O) groups is 1. The molecule has 1 fully saturated rings. The molecular weight excluding hydrogens is 294 g/mol. The average Bonchev–Trinajstić information content (AvgIpc) is 2.71. The number of H-pyrrole nitrogens is 1. The van der Waals surface area contributed by atoms with Crippen LogP contribution in [0, 0.1) is 19.8 Å². The SMILES string of the molecule is Cc1nc(C)c(CC(=O)NC[C@@H]2CCS(=O)(=O)C2)c(=O)[nH]1. The Kier molecular flexibility index (Phi) is 4.46. The lowest BCUT2D eigenvalue weighted by Crippen LogP contribution is -2.33. The Morgan fingerprint density at radius 2 is 2.14 bits per heavy atom. The molecule has 1 aromatic rings. The van der Waals surface area contributed by atoms with Crippen LogP contribution in [0.3, 0.4) is 0 Å². The van der Waals surface area contributed by atoms with E-state index in [1.807, 2.05) is 0 Å². The minimum atomic E-state index is -2.94. The van der Waals surface area contributed by atoms with Crippen molar-refractivity contribution in [3.63, 3.8) is 0 Å². The highest BCUT2D eigenvalue weighted by molar-refractivity contribution is 7.91. The zero-order valence-electron chi connectivity index (χ0n) is 12.1. The van der Waals surface area contributed by atoms with Gasteiger partial charge in [0.05, 0.1) is 17.9 Å². The molecule has 0 bridgehead atoms. The highest BCUT2D eigenvalue weighted by Gasteiger charge is 2.28. The Balaban J connectivity index is 1.93. The lowest BCUT2D eigenvalue weighted by molar-refractivity contribution is -0.120. The molecule has 7 nitrogen and oxygen atoms in total. The minimum absolute atomic E-state index is 0.0329. The van der Waals surface area contributed by atoms with Gasteiger partial charge in [0.25, 0.3) is 5.56 Å². The number of aryl methyl sites for hydroxylation is 2. The van der Waals surface area contributed by atoms with Crippen LogP contribution in [-0.2, 0) is 21.1 Å². The first-order valence-electron chi connectivity index (χ1n) is 6.80. The third kappa shape index (κ3) is 4.13. The third-order valence-electron chi connectivity index (χ3n) is 3.59. The molecule has 1 aliphatic heterocycles. The van der Waals surface area contributed by atoms with Crippen LogP contribution in [-0.4, -0.2) is 42.3 Å². The van der Waals surface area contributed by atoms with Gasteiger partial charge in [-0.1, -0.05) is 0 Å². The molecule has 116 valence electrons. The van der Waals surface area contributed by atoms with Gasteiger partial charge >= 0.3 is 0 Å². The molecule has 2 N–H and O–H groups in total. The van der Waals surface area contributed by atoms with Gasteiger partial charge in [-0.25, -0.2) is 13.4 Å². The van der Waals surface area contributed by atoms with Crippen molar-refractivity contribution in [2.75, 3.05) is 18.1 Å². The maximum Gasteiger partial charge on any atom is 0.254 e. The highest BCUT2D eigenvalue weighted by Crippen LogP contribution is 2.17. The van der Waals surface area contributed by atoms with Gasteiger partial charge in [-0.15, -0.1) is 0 Å². The van der Waals surface area contributed by atoms with Crippen LogP contribution >= 0.6 is 0 Å². The normalized spacial score (nSPS) is 20.4. The molecule has 2 heterocycles. The number of sulfone groups is 1. The topological polar surface area (TPSA) is 109 Å². The monoisotopic (exact) mass is 313 g/mol. The summed E-state index contributed by atoms with van der Waals surface area (Å²) < 4.78 is 22.7. The number of aromatic nitrogens is 2. The number of amides is 1. The zero-order chi connectivity index (χ0) is 15.6. The van der Waals surface area contributed by atoms with Gasteiger partial charge in [0.15, 0.2) is 9.84 Å². The Labute approximate surface area is 123 Å². The molecule has 0 aliphatic carbocycles. The molecule has 1 aliphatic rings. The van der Waals surface area contributed by atoms with Crippen molar-refractivity contribution in [3.8, 4) is 0 Å². The average molecular weight is 313 g/mol. The lowest BCUT2D eigenvalue weighted by Gasteiger charge is -2.10. The molecule has 1 saturated heterocycles. The number of rotatable bonds is 4. The molecule has 8 heteroatoms. The Hall–Kier alpha value is -1.70. The molecular formula is C13H19N3O4S. The van der Waals surface area contributed by atoms with E-state index in [1.165, 1.54) is 0 Å². The molecule has 1 aromatic heterocycles. The fourth-order valence-corrected chi connectivity index (χ4v) is 4.34. The molecule has 21 heavy (non-hydrogen) atoms. The van der Waals surface area contributed by atoms with Crippen LogP contribution in [0.2, 0.25) is 0 Å². The molecule has 0 spiro atoms. The van der Waals surface area contributed by atoms with Crippen LogP contribution in [0.5, 0.6) is 0 Å². The van der Waals surface area contributed by atoms with E-state index in [-0.39, 0.29) is 35.3 Å². The largest absolute Gasteiger partial charge is 0.356 e. The van der Waals surface area contributed by atoms with Crippen molar-refractivity contribution < 1.29 is 13.2 Å². The number of hydrogen-bond donors (Lipinski definition) is 2. The summed E-state index contributed by atoms with van der Waals surface area (Å²) in [6.07, 6.45) is 0.530. The summed E-state index contributed by atoms with van der Waals surface area (Å²) in [6, 6.07) is 0. The molecule has 0 saturated carbocycles. The molecule has 1 amide bonds. The van der Waals surface area contributed by atoms with Crippen molar-refractivity contribution in [3.05, 3.63) is 27.4 Å². The van der Waals surface area contributed by atoms with Gasteiger partial charge in [-0.05, 0) is 26.2 Å². The molecule has 0 aromatic carbocycles. The Morgan fingerprint density at radius 1 is 1.43 bits per heavy atom. The maximum absolute atomic E-state index is 11.9. The predicted octanol–water partition coefficient (Wildman–Crippen LogP) is -0.520. The standard InChI is InChI=1S/C13H19N3O4S/c1-8-11(13(18)16-9(2)15-8)5-12(17)14-6-10-3-4-21(19,20)7-10/h10H,3-7H2,1-2H3,(H,14,17)(H,15,16,18)/t10-/m0/s1. The second-order valence-electron chi connectivity index (χ2n) is 5.47. The van der Waals surface area contributed by atoms with Gasteiger partial charge in [0.2, 0.25) is 5.91 Å². The van der Waals surface area contributed by atoms with Gasteiger partial charge in [-0.2, -0.15) is 0 Å². The second-order valence-corrected chi connectivity index (χ2v) is 7.69. The first kappa shape index (κ1) is 15.7. The number of nitrogens with one attached hydrogen (secondary N) is 2. The van der Waals surface area contributed by atoms with Gasteiger partial charge in [0, 0.05) is 17.8 Å². The summed E-state index contributed by atoms with van der Waals surface area (Å²) in [5.74, 6) is 0.499. The van der Waals surface area contributed by atoms with E-state index in [4.69, 9.17) is 0 Å². The highest BCUT2D eigenvalue weighted by atomic mass is 32.2. The van der Waals surface area contributed by atoms with E-state index in [0.29, 0.717) is 30.0 Å². The van der Waals surface area contributed by atoms with E-state index in [9.17, 15) is 18.0 Å². The van der Waals surface area contributed by atoms with Gasteiger partial charge in [-0.3, -0.25) is 9.59 Å². The second kappa shape index (κ2) is 5.97. The van der Waals surface area contributed by atoms with Crippen molar-refractivity contribution in [2.45, 2.75) is 26.7 Å². The summed E-state index contributed by atoms with van der Waals surface area (Å²) in [7, 11) is -2.94. The number of aromatic amines is 1. The third-order valence-corrected chi connectivity index (χ3v) is 5.43. The summed E-state index contributed by atoms with van der Waals surface area (Å²) in [4.78, 5) is 30.4. The van der Waals surface area contributed by atoms with E-state index in [1.54, 1.807) is 13.8 Å². The van der Waals surface area contributed by atoms with Crippen molar-refractivity contribution in [1.82, 2.24) is 15.3 Å². The maximum atomic E-state index is 11.9. The first-order chi connectivity index (χ1) is 9.77. The summed E-state index contributed by atoms with van der Waals surface area (Å²) in [5.41, 5.74) is 0.575. The van der Waals surface area contributed by atoms with E-state index in [2.05, 4.69) is 15.3 Å². The quantitative estimate of drug-likeness (QED) is 0.777. The van der Waals surface area contributed by atoms with Gasteiger partial charge in [0.1, 0.15) is 5.82 Å². The Bertz CT molecular complexity index is 709. The molecule has 0 radical (unpaired) electrons. The molecule has 0 unspecified atom stereocenters. The van der Waals surface area contributed by atoms with Crippen LogP contribution < -0.4 is 10.9 Å². The first-order valence-corrected chi connectivity index (χ1v) is 8.62. The van der Waals surface area contributed by atoms with Gasteiger partial charge < -0.3 is 10.3 Å². The molecule has 2 rings (SSSR count). The fourth-order valence-electron chi connectivity index (χ4n) is 2.47. The van der Waals surface area contributed by atoms with Crippen LogP contribution in [0.15, 0.2) is 4.79 Å². The number of nitrogens with zero attached hydrogens (tertiary/aromatic N) is 1. The van der Waals surface area contributed by atoms with E-state index in [0.717, 1.165) is 0 Å². The summed E-state index contributed by atoms with van der Waals surface area (Å²) in [5, 5.41) is 2.70. The summed E-state index contributed by atoms with van der Waals surface area (Å²) in [6.45, 7) is 3.70. The zero-order valence-corrected chi connectivity index (χ0v) is 12.9. The summed E-state index contributed by atoms with van der Waals surface area (Å²) >= 11 is 0. The Morgan fingerprint density at radius 3 is 2.71 bits per heavy atom.